The average Bonchev–Trinajstić information content (AvgIpc) is 2.06. The summed E-state index contributed by atoms with van der Waals surface area (Å²) in [5, 5.41) is 15.2. The Kier molecular flexibility index (Phi) is 20.2. The topological polar surface area (TPSA) is 49.7 Å². The highest BCUT2D eigenvalue weighted by atomic mass is 16.5. The molecule has 0 saturated heterocycles. The Labute approximate surface area is 69.0 Å². The average molecular weight is 164 g/mol. The maximum atomic E-state index is 7.62. The fourth-order valence-electron chi connectivity index (χ4n) is 0.391. The van der Waals surface area contributed by atoms with Crippen molar-refractivity contribution in [3.63, 3.8) is 0 Å². The van der Waals surface area contributed by atoms with E-state index in [1.807, 2.05) is 0 Å². The molecule has 0 radical (unpaired) electrons. The van der Waals surface area contributed by atoms with Crippen molar-refractivity contribution in [2.75, 3.05) is 26.4 Å². The largest absolute Gasteiger partial charge is 0.394 e. The predicted molar refractivity (Wildman–Crippen MR) is 45.6 cm³/mol. The third-order valence-electron chi connectivity index (χ3n) is 0.797. The first-order chi connectivity index (χ1) is 5.33. The third-order valence-corrected chi connectivity index (χ3v) is 0.797. The minimum absolute atomic E-state index is 0.125. The van der Waals surface area contributed by atoms with Gasteiger partial charge < -0.3 is 14.9 Å². The Hall–Kier alpha value is -0.120. The Balaban J connectivity index is 0. The predicted octanol–water partition coefficient (Wildman–Crippen LogP) is 0.794. The number of aliphatic hydroxyl groups excluding tert-OH is 2. The molecule has 3 nitrogen and oxygen atoms in total. The smallest absolute Gasteiger partial charge is 0.0662 e. The second kappa shape index (κ2) is 16.5. The quantitative estimate of drug-likeness (QED) is 0.591. The molecular formula is C8H20O3. The minimum atomic E-state index is -0.125. The summed E-state index contributed by atoms with van der Waals surface area (Å²) < 4.78 is 5.13. The summed E-state index contributed by atoms with van der Waals surface area (Å²) in [5.41, 5.74) is 0. The lowest BCUT2D eigenvalue weighted by Gasteiger charge is -1.95. The number of aliphatic hydroxyl groups is 2. The van der Waals surface area contributed by atoms with Gasteiger partial charge in [-0.2, -0.15) is 0 Å². The van der Waals surface area contributed by atoms with Crippen LogP contribution in [0.2, 0.25) is 0 Å². The molecule has 0 aliphatic carbocycles. The Morgan fingerprint density at radius 3 is 1.45 bits per heavy atom. The fraction of sp³-hybridized carbons (Fsp3) is 1.00. The van der Waals surface area contributed by atoms with Gasteiger partial charge in [0, 0.05) is 13.2 Å². The van der Waals surface area contributed by atoms with Crippen molar-refractivity contribution in [3.05, 3.63) is 0 Å². The van der Waals surface area contributed by atoms with Gasteiger partial charge in [-0.25, -0.2) is 0 Å². The van der Waals surface area contributed by atoms with E-state index in [4.69, 9.17) is 14.9 Å². The van der Waals surface area contributed by atoms with Crippen LogP contribution in [0.3, 0.4) is 0 Å². The second-order valence-corrected chi connectivity index (χ2v) is 2.06. The molecule has 0 aliphatic rings. The number of rotatable bonds is 5. The molecule has 0 aliphatic heterocycles. The van der Waals surface area contributed by atoms with E-state index >= 15 is 0 Å². The first kappa shape index (κ1) is 13.5. The molecule has 0 aromatic carbocycles. The van der Waals surface area contributed by atoms with Crippen molar-refractivity contribution >= 4 is 0 Å². The Morgan fingerprint density at radius 1 is 0.909 bits per heavy atom. The molecule has 0 aromatic rings. The maximum absolute atomic E-state index is 7.62. The maximum Gasteiger partial charge on any atom is 0.0662 e. The first-order valence-electron chi connectivity index (χ1n) is 4.12. The van der Waals surface area contributed by atoms with E-state index in [1.165, 1.54) is 0 Å². The van der Waals surface area contributed by atoms with Crippen molar-refractivity contribution in [1.29, 1.82) is 0 Å². The number of hydrogen-bond acceptors (Lipinski definition) is 3. The molecule has 0 saturated carbocycles. The van der Waals surface area contributed by atoms with Gasteiger partial charge in [0.05, 0.1) is 13.2 Å². The van der Waals surface area contributed by atoms with Gasteiger partial charge in [0.2, 0.25) is 0 Å². The van der Waals surface area contributed by atoms with Gasteiger partial charge >= 0.3 is 0 Å². The van der Waals surface area contributed by atoms with Gasteiger partial charge in [-0.1, -0.05) is 13.8 Å². The van der Waals surface area contributed by atoms with Crippen LogP contribution in [0.5, 0.6) is 0 Å². The molecule has 11 heavy (non-hydrogen) atoms. The van der Waals surface area contributed by atoms with Crippen LogP contribution in [0.1, 0.15) is 26.7 Å². The zero-order valence-electron chi connectivity index (χ0n) is 7.55. The van der Waals surface area contributed by atoms with Gasteiger partial charge in [-0.05, 0) is 12.8 Å². The minimum Gasteiger partial charge on any atom is -0.394 e. The van der Waals surface area contributed by atoms with Crippen molar-refractivity contribution in [3.8, 4) is 0 Å². The molecule has 0 spiro atoms. The number of ether oxygens (including phenoxy) is 1. The Bertz CT molecular complexity index is 42.6. The molecule has 3 heteroatoms. The molecule has 0 rings (SSSR count). The molecular weight excluding hydrogens is 144 g/mol. The van der Waals surface area contributed by atoms with Crippen LogP contribution in [0.4, 0.5) is 0 Å². The van der Waals surface area contributed by atoms with E-state index in [0.717, 1.165) is 26.1 Å². The summed E-state index contributed by atoms with van der Waals surface area (Å²) >= 11 is 0. The second-order valence-electron chi connectivity index (χ2n) is 2.06. The van der Waals surface area contributed by atoms with Crippen LogP contribution >= 0.6 is 0 Å². The number of hydrogen-bond donors (Lipinski definition) is 2. The van der Waals surface area contributed by atoms with Crippen LogP contribution in [0.15, 0.2) is 0 Å². The summed E-state index contributed by atoms with van der Waals surface area (Å²) in [5.74, 6) is 0. The van der Waals surface area contributed by atoms with E-state index in [9.17, 15) is 0 Å². The van der Waals surface area contributed by atoms with Crippen molar-refractivity contribution in [1.82, 2.24) is 0 Å². The van der Waals surface area contributed by atoms with Gasteiger partial charge in [0.15, 0.2) is 0 Å². The molecule has 0 aromatic heterocycles. The summed E-state index contributed by atoms with van der Waals surface area (Å²) in [7, 11) is 0. The normalized spacial score (nSPS) is 8.73. The van der Waals surface area contributed by atoms with E-state index in [2.05, 4.69) is 13.8 Å². The highest BCUT2D eigenvalue weighted by Gasteiger charge is 1.77. The van der Waals surface area contributed by atoms with E-state index in [1.54, 1.807) is 0 Å². The van der Waals surface area contributed by atoms with Crippen molar-refractivity contribution in [2.24, 2.45) is 0 Å². The summed E-state index contributed by atoms with van der Waals surface area (Å²) in [6, 6.07) is 0. The van der Waals surface area contributed by atoms with Gasteiger partial charge in [-0.15, -0.1) is 0 Å². The zero-order chi connectivity index (χ0) is 8.95. The van der Waals surface area contributed by atoms with Crippen molar-refractivity contribution < 1.29 is 14.9 Å². The lowest BCUT2D eigenvalue weighted by molar-refractivity contribution is 0.135. The third kappa shape index (κ3) is 25.8. The monoisotopic (exact) mass is 164 g/mol. The van der Waals surface area contributed by atoms with Crippen LogP contribution in [0, 0.1) is 0 Å². The molecule has 2 N–H and O–H groups in total. The van der Waals surface area contributed by atoms with E-state index < -0.39 is 0 Å². The lowest BCUT2D eigenvalue weighted by atomic mass is 10.5. The summed E-state index contributed by atoms with van der Waals surface area (Å²) in [6.45, 7) is 5.84. The van der Waals surface area contributed by atoms with Crippen LogP contribution in [-0.4, -0.2) is 36.6 Å². The molecule has 0 bridgehead atoms. The van der Waals surface area contributed by atoms with Gasteiger partial charge in [0.1, 0.15) is 0 Å². The highest BCUT2D eigenvalue weighted by Crippen LogP contribution is 1.81. The molecule has 0 atom stereocenters. The molecule has 0 fully saturated rings. The van der Waals surface area contributed by atoms with Crippen LogP contribution in [-0.2, 0) is 4.74 Å². The Morgan fingerprint density at radius 2 is 1.27 bits per heavy atom. The zero-order valence-corrected chi connectivity index (χ0v) is 7.55. The van der Waals surface area contributed by atoms with Gasteiger partial charge in [-0.3, -0.25) is 0 Å². The molecule has 0 amide bonds. The fourth-order valence-corrected chi connectivity index (χ4v) is 0.391. The lowest BCUT2D eigenvalue weighted by Crippen LogP contribution is -1.92. The van der Waals surface area contributed by atoms with Crippen LogP contribution < -0.4 is 0 Å². The standard InChI is InChI=1S/C6H14O.C2H6O2/c1-3-5-7-6-4-2;3-1-2-4/h3-6H2,1-2H3;3-4H,1-2H2. The first-order valence-corrected chi connectivity index (χ1v) is 4.12. The van der Waals surface area contributed by atoms with E-state index in [0.29, 0.717) is 0 Å². The summed E-state index contributed by atoms with van der Waals surface area (Å²) in [4.78, 5) is 0. The van der Waals surface area contributed by atoms with Gasteiger partial charge in [0.25, 0.3) is 0 Å². The molecule has 70 valence electrons. The summed E-state index contributed by atoms with van der Waals surface area (Å²) in [6.07, 6.45) is 2.28. The highest BCUT2D eigenvalue weighted by molar-refractivity contribution is 4.25. The molecule has 0 unspecified atom stereocenters. The SMILES string of the molecule is CCCOCCC.OCCO. The van der Waals surface area contributed by atoms with Crippen LogP contribution in [0.25, 0.3) is 0 Å². The van der Waals surface area contributed by atoms with Crippen molar-refractivity contribution in [2.45, 2.75) is 26.7 Å². The molecule has 0 heterocycles. The van der Waals surface area contributed by atoms with E-state index in [-0.39, 0.29) is 13.2 Å².